The van der Waals surface area contributed by atoms with Gasteiger partial charge in [-0.2, -0.15) is 0 Å². The van der Waals surface area contributed by atoms with Gasteiger partial charge in [-0.1, -0.05) is 28.1 Å². The van der Waals surface area contributed by atoms with Crippen LogP contribution in [0.4, 0.5) is 0 Å². The summed E-state index contributed by atoms with van der Waals surface area (Å²) in [5, 5.41) is 8.99. The van der Waals surface area contributed by atoms with Crippen LogP contribution in [-0.2, 0) is 4.79 Å². The highest BCUT2D eigenvalue weighted by atomic mass is 79.9. The summed E-state index contributed by atoms with van der Waals surface area (Å²) in [6, 6.07) is 5.78. The highest BCUT2D eigenvalue weighted by Gasteiger charge is 2.11. The third-order valence-corrected chi connectivity index (χ3v) is 3.52. The summed E-state index contributed by atoms with van der Waals surface area (Å²) < 4.78 is 0.962. The minimum atomic E-state index is -0.177. The zero-order valence-corrected chi connectivity index (χ0v) is 12.4. The van der Waals surface area contributed by atoms with Crippen molar-refractivity contribution in [2.24, 2.45) is 0 Å². The third-order valence-electron chi connectivity index (χ3n) is 2.83. The van der Waals surface area contributed by atoms with Gasteiger partial charge in [-0.3, -0.25) is 4.79 Å². The second-order valence-corrected chi connectivity index (χ2v) is 5.19. The quantitative estimate of drug-likeness (QED) is 0.868. The molecule has 4 heteroatoms. The number of aliphatic hydroxyl groups excluding tert-OH is 1. The largest absolute Gasteiger partial charge is 0.394 e. The fourth-order valence-corrected chi connectivity index (χ4v) is 2.01. The summed E-state index contributed by atoms with van der Waals surface area (Å²) in [6.07, 6.45) is 3.29. The molecule has 0 aliphatic heterocycles. The van der Waals surface area contributed by atoms with Crippen LogP contribution < -0.4 is 0 Å². The van der Waals surface area contributed by atoms with Gasteiger partial charge in [0.05, 0.1) is 12.6 Å². The average molecular weight is 312 g/mol. The number of benzene rings is 1. The first-order valence-electron chi connectivity index (χ1n) is 5.77. The summed E-state index contributed by atoms with van der Waals surface area (Å²) in [5.74, 6) is -0.121. The van der Waals surface area contributed by atoms with E-state index in [1.165, 1.54) is 11.0 Å². The van der Waals surface area contributed by atoms with Gasteiger partial charge in [0.2, 0.25) is 5.91 Å². The lowest BCUT2D eigenvalue weighted by atomic mass is 10.1. The molecule has 0 heterocycles. The van der Waals surface area contributed by atoms with Crippen LogP contribution in [0.25, 0.3) is 6.08 Å². The number of aliphatic hydroxyl groups is 1. The molecule has 3 nitrogen and oxygen atoms in total. The Balaban J connectivity index is 2.77. The van der Waals surface area contributed by atoms with Crippen LogP contribution in [0.3, 0.4) is 0 Å². The number of rotatable bonds is 4. The Morgan fingerprint density at radius 3 is 2.78 bits per heavy atom. The summed E-state index contributed by atoms with van der Waals surface area (Å²) in [4.78, 5) is 13.3. The van der Waals surface area contributed by atoms with Crippen LogP contribution in [0, 0.1) is 6.92 Å². The van der Waals surface area contributed by atoms with E-state index in [1.807, 2.05) is 25.1 Å². The smallest absolute Gasteiger partial charge is 0.246 e. The van der Waals surface area contributed by atoms with Gasteiger partial charge in [-0.25, -0.2) is 0 Å². The Kier molecular flexibility index (Phi) is 5.56. The van der Waals surface area contributed by atoms with Crippen LogP contribution in [0.15, 0.2) is 28.7 Å². The molecule has 98 valence electrons. The van der Waals surface area contributed by atoms with Gasteiger partial charge in [-0.15, -0.1) is 0 Å². The van der Waals surface area contributed by atoms with Gasteiger partial charge in [0, 0.05) is 17.6 Å². The Hall–Kier alpha value is -1.13. The summed E-state index contributed by atoms with van der Waals surface area (Å²) in [7, 11) is 1.68. The molecule has 0 saturated heterocycles. The molecule has 0 aliphatic carbocycles. The van der Waals surface area contributed by atoms with Crippen molar-refractivity contribution in [3.63, 3.8) is 0 Å². The molecule has 1 N–H and O–H groups in total. The second-order valence-electron chi connectivity index (χ2n) is 4.34. The van der Waals surface area contributed by atoms with Gasteiger partial charge < -0.3 is 10.0 Å². The van der Waals surface area contributed by atoms with Gasteiger partial charge in [-0.05, 0) is 37.1 Å². The monoisotopic (exact) mass is 311 g/mol. The highest BCUT2D eigenvalue weighted by Crippen LogP contribution is 2.19. The van der Waals surface area contributed by atoms with Gasteiger partial charge >= 0.3 is 0 Å². The van der Waals surface area contributed by atoms with Crippen molar-refractivity contribution in [1.82, 2.24) is 4.90 Å². The van der Waals surface area contributed by atoms with Crippen molar-refractivity contribution in [2.45, 2.75) is 19.9 Å². The number of hydrogen-bond acceptors (Lipinski definition) is 2. The number of halogens is 1. The van der Waals surface area contributed by atoms with E-state index in [0.717, 1.165) is 15.6 Å². The number of carbonyl (C=O) groups excluding carboxylic acids is 1. The van der Waals surface area contributed by atoms with Crippen LogP contribution in [0.1, 0.15) is 18.1 Å². The van der Waals surface area contributed by atoms with E-state index < -0.39 is 0 Å². The lowest BCUT2D eigenvalue weighted by Gasteiger charge is -2.21. The first-order valence-corrected chi connectivity index (χ1v) is 6.57. The van der Waals surface area contributed by atoms with Crippen LogP contribution in [0.2, 0.25) is 0 Å². The molecule has 18 heavy (non-hydrogen) atoms. The number of aryl methyl sites for hydroxylation is 1. The van der Waals surface area contributed by atoms with Crippen LogP contribution in [-0.4, -0.2) is 35.6 Å². The van der Waals surface area contributed by atoms with Gasteiger partial charge in [0.15, 0.2) is 0 Å². The van der Waals surface area contributed by atoms with Crippen molar-refractivity contribution in [3.8, 4) is 0 Å². The van der Waals surface area contributed by atoms with Crippen LogP contribution >= 0.6 is 15.9 Å². The Morgan fingerprint density at radius 2 is 2.22 bits per heavy atom. The first-order chi connectivity index (χ1) is 8.45. The van der Waals surface area contributed by atoms with E-state index in [-0.39, 0.29) is 18.6 Å². The molecule has 0 bridgehead atoms. The predicted octanol–water partition coefficient (Wildman–Crippen LogP) is 2.61. The van der Waals surface area contributed by atoms with Crippen molar-refractivity contribution < 1.29 is 9.90 Å². The lowest BCUT2D eigenvalue weighted by molar-refractivity contribution is -0.127. The Morgan fingerprint density at radius 1 is 1.56 bits per heavy atom. The van der Waals surface area contributed by atoms with E-state index in [0.29, 0.717) is 0 Å². The van der Waals surface area contributed by atoms with E-state index in [2.05, 4.69) is 15.9 Å². The molecular weight excluding hydrogens is 294 g/mol. The summed E-state index contributed by atoms with van der Waals surface area (Å²) in [5.41, 5.74) is 2.12. The highest BCUT2D eigenvalue weighted by molar-refractivity contribution is 9.10. The SMILES string of the molecule is Cc1ccc(/C=C/C(=O)N(C)C(C)CO)c(Br)c1. The standard InChI is InChI=1S/C14H18BrNO2/c1-10-4-5-12(13(15)8-10)6-7-14(18)16(3)11(2)9-17/h4-8,11,17H,9H2,1-3H3/b7-6+. The molecule has 1 aromatic carbocycles. The van der Waals surface area contributed by atoms with E-state index >= 15 is 0 Å². The maximum Gasteiger partial charge on any atom is 0.246 e. The predicted molar refractivity (Wildman–Crippen MR) is 77.2 cm³/mol. The molecular formula is C14H18BrNO2. The zero-order chi connectivity index (χ0) is 13.7. The maximum absolute atomic E-state index is 11.8. The molecule has 1 aromatic rings. The van der Waals surface area contributed by atoms with E-state index in [1.54, 1.807) is 20.0 Å². The van der Waals surface area contributed by atoms with Crippen molar-refractivity contribution in [3.05, 3.63) is 39.9 Å². The fraction of sp³-hybridized carbons (Fsp3) is 0.357. The third kappa shape index (κ3) is 3.96. The Bertz CT molecular complexity index is 457. The number of amides is 1. The van der Waals surface area contributed by atoms with Crippen molar-refractivity contribution >= 4 is 27.9 Å². The normalized spacial score (nSPS) is 12.7. The van der Waals surface area contributed by atoms with Gasteiger partial charge in [0.25, 0.3) is 0 Å². The molecule has 1 atom stereocenters. The average Bonchev–Trinajstić information content (AvgIpc) is 2.35. The minimum Gasteiger partial charge on any atom is -0.394 e. The number of carbonyl (C=O) groups is 1. The Labute approximate surface area is 116 Å². The maximum atomic E-state index is 11.8. The molecule has 0 aliphatic rings. The number of hydrogen-bond donors (Lipinski definition) is 1. The van der Waals surface area contributed by atoms with Crippen LogP contribution in [0.5, 0.6) is 0 Å². The van der Waals surface area contributed by atoms with Crippen molar-refractivity contribution in [1.29, 1.82) is 0 Å². The fourth-order valence-electron chi connectivity index (χ4n) is 1.39. The molecule has 0 fully saturated rings. The minimum absolute atomic E-state index is 0.0374. The molecule has 0 saturated carbocycles. The zero-order valence-electron chi connectivity index (χ0n) is 10.9. The molecule has 1 rings (SSSR count). The van der Waals surface area contributed by atoms with Gasteiger partial charge in [0.1, 0.15) is 0 Å². The lowest BCUT2D eigenvalue weighted by Crippen LogP contribution is -2.36. The number of nitrogens with zero attached hydrogens (tertiary/aromatic N) is 1. The molecule has 0 radical (unpaired) electrons. The summed E-state index contributed by atoms with van der Waals surface area (Å²) in [6.45, 7) is 3.78. The molecule has 0 spiro atoms. The molecule has 1 amide bonds. The summed E-state index contributed by atoms with van der Waals surface area (Å²) >= 11 is 3.46. The van der Waals surface area contributed by atoms with Crippen molar-refractivity contribution in [2.75, 3.05) is 13.7 Å². The number of likely N-dealkylation sites (N-methyl/N-ethyl adjacent to an activating group) is 1. The van der Waals surface area contributed by atoms with E-state index in [9.17, 15) is 4.79 Å². The second kappa shape index (κ2) is 6.71. The molecule has 1 unspecified atom stereocenters. The topological polar surface area (TPSA) is 40.5 Å². The van der Waals surface area contributed by atoms with E-state index in [4.69, 9.17) is 5.11 Å². The first kappa shape index (κ1) is 14.9. The molecule has 0 aromatic heterocycles.